The van der Waals surface area contributed by atoms with E-state index in [4.69, 9.17) is 4.52 Å². The summed E-state index contributed by atoms with van der Waals surface area (Å²) in [7, 11) is 0. The monoisotopic (exact) mass is 152 g/mol. The highest BCUT2D eigenvalue weighted by Crippen LogP contribution is 2.15. The van der Waals surface area contributed by atoms with Gasteiger partial charge < -0.3 is 4.52 Å². The lowest BCUT2D eigenvalue weighted by molar-refractivity contribution is 0.442. The first kappa shape index (κ1) is 6.27. The average Bonchev–Trinajstić information content (AvgIpc) is 2.33. The highest BCUT2D eigenvalue weighted by molar-refractivity contribution is 5.75. The summed E-state index contributed by atoms with van der Waals surface area (Å²) in [6.45, 7) is 1.74. The normalized spacial score (nSPS) is 10.7. The summed E-state index contributed by atoms with van der Waals surface area (Å²) in [5.74, 6) is -0.371. The van der Waals surface area contributed by atoms with E-state index in [0.29, 0.717) is 16.8 Å². The summed E-state index contributed by atoms with van der Waals surface area (Å²) in [6.07, 6.45) is 1.10. The van der Waals surface area contributed by atoms with Gasteiger partial charge in [-0.2, -0.15) is 0 Å². The molecule has 0 unspecified atom stereocenters. The van der Waals surface area contributed by atoms with Crippen LogP contribution in [-0.4, -0.2) is 10.1 Å². The van der Waals surface area contributed by atoms with Crippen molar-refractivity contribution in [3.63, 3.8) is 0 Å². The number of aromatic nitrogens is 2. The first-order valence-corrected chi connectivity index (χ1v) is 3.15. The molecule has 0 atom stereocenters. The van der Waals surface area contributed by atoms with E-state index in [-0.39, 0.29) is 5.82 Å². The SMILES string of the molecule is Cc1noc2ncc(F)cc12. The Hall–Kier alpha value is -1.45. The molecule has 0 bridgehead atoms. The summed E-state index contributed by atoms with van der Waals surface area (Å²) in [5.41, 5.74) is 1.04. The number of hydrogen-bond donors (Lipinski definition) is 0. The Labute approximate surface area is 61.8 Å². The summed E-state index contributed by atoms with van der Waals surface area (Å²) in [5, 5.41) is 4.26. The van der Waals surface area contributed by atoms with Crippen molar-refractivity contribution in [2.45, 2.75) is 6.92 Å². The molecule has 56 valence electrons. The molecule has 0 saturated carbocycles. The second kappa shape index (κ2) is 2.02. The fourth-order valence-electron chi connectivity index (χ4n) is 0.920. The van der Waals surface area contributed by atoms with Gasteiger partial charge in [-0.3, -0.25) is 0 Å². The molecular weight excluding hydrogens is 147 g/mol. The lowest BCUT2D eigenvalue weighted by atomic mass is 10.3. The van der Waals surface area contributed by atoms with Gasteiger partial charge in [0, 0.05) is 0 Å². The van der Waals surface area contributed by atoms with Crippen molar-refractivity contribution in [1.29, 1.82) is 0 Å². The standard InChI is InChI=1S/C7H5FN2O/c1-4-6-2-5(8)3-9-7(6)11-10-4/h2-3H,1H3. The van der Waals surface area contributed by atoms with Gasteiger partial charge in [0.25, 0.3) is 5.71 Å². The van der Waals surface area contributed by atoms with Gasteiger partial charge in [0.15, 0.2) is 0 Å². The Bertz CT molecular complexity index is 396. The highest BCUT2D eigenvalue weighted by atomic mass is 19.1. The quantitative estimate of drug-likeness (QED) is 0.576. The maximum Gasteiger partial charge on any atom is 0.258 e. The molecule has 0 aliphatic heterocycles. The minimum absolute atomic E-state index is 0.371. The van der Waals surface area contributed by atoms with E-state index in [1.165, 1.54) is 6.07 Å². The molecule has 0 N–H and O–H groups in total. The molecule has 2 rings (SSSR count). The topological polar surface area (TPSA) is 38.9 Å². The number of aryl methyl sites for hydroxylation is 1. The van der Waals surface area contributed by atoms with Crippen LogP contribution in [0.1, 0.15) is 5.69 Å². The fourth-order valence-corrected chi connectivity index (χ4v) is 0.920. The Morgan fingerprint density at radius 1 is 1.55 bits per heavy atom. The van der Waals surface area contributed by atoms with Gasteiger partial charge >= 0.3 is 0 Å². The molecule has 0 aromatic carbocycles. The molecule has 11 heavy (non-hydrogen) atoms. The van der Waals surface area contributed by atoms with Crippen LogP contribution >= 0.6 is 0 Å². The molecular formula is C7H5FN2O. The van der Waals surface area contributed by atoms with E-state index in [2.05, 4.69) is 10.1 Å². The number of hydrogen-bond acceptors (Lipinski definition) is 3. The maximum atomic E-state index is 12.6. The molecule has 3 nitrogen and oxygen atoms in total. The van der Waals surface area contributed by atoms with Crippen molar-refractivity contribution in [3.8, 4) is 0 Å². The minimum Gasteiger partial charge on any atom is -0.336 e. The van der Waals surface area contributed by atoms with Crippen molar-refractivity contribution in [3.05, 3.63) is 23.8 Å². The van der Waals surface area contributed by atoms with E-state index >= 15 is 0 Å². The van der Waals surface area contributed by atoms with Gasteiger partial charge in [0.2, 0.25) is 0 Å². The molecule has 0 aliphatic carbocycles. The van der Waals surface area contributed by atoms with Crippen LogP contribution in [0.4, 0.5) is 4.39 Å². The van der Waals surface area contributed by atoms with E-state index < -0.39 is 0 Å². The predicted molar refractivity (Wildman–Crippen MR) is 36.5 cm³/mol. The largest absolute Gasteiger partial charge is 0.336 e. The van der Waals surface area contributed by atoms with Crippen LogP contribution in [0.25, 0.3) is 11.1 Å². The van der Waals surface area contributed by atoms with Crippen LogP contribution < -0.4 is 0 Å². The van der Waals surface area contributed by atoms with Crippen LogP contribution in [0, 0.1) is 12.7 Å². The predicted octanol–water partition coefficient (Wildman–Crippen LogP) is 1.67. The van der Waals surface area contributed by atoms with Crippen LogP contribution in [0.15, 0.2) is 16.8 Å². The zero-order valence-corrected chi connectivity index (χ0v) is 5.84. The van der Waals surface area contributed by atoms with Gasteiger partial charge in [0.1, 0.15) is 5.82 Å². The van der Waals surface area contributed by atoms with E-state index in [9.17, 15) is 4.39 Å². The van der Waals surface area contributed by atoms with Crippen LogP contribution in [-0.2, 0) is 0 Å². The molecule has 0 aliphatic rings. The second-order valence-corrected chi connectivity index (χ2v) is 2.27. The van der Waals surface area contributed by atoms with E-state index in [0.717, 1.165) is 6.20 Å². The molecule has 0 amide bonds. The smallest absolute Gasteiger partial charge is 0.258 e. The van der Waals surface area contributed by atoms with Crippen molar-refractivity contribution < 1.29 is 8.91 Å². The number of nitrogens with zero attached hydrogens (tertiary/aromatic N) is 2. The lowest BCUT2D eigenvalue weighted by Gasteiger charge is -1.85. The lowest BCUT2D eigenvalue weighted by Crippen LogP contribution is -1.77. The number of pyridine rings is 1. The summed E-state index contributed by atoms with van der Waals surface area (Å²) in [4.78, 5) is 3.70. The third-order valence-electron chi connectivity index (χ3n) is 1.48. The Kier molecular flexibility index (Phi) is 1.15. The van der Waals surface area contributed by atoms with Crippen molar-refractivity contribution in [2.24, 2.45) is 0 Å². The molecule has 2 aromatic rings. The van der Waals surface area contributed by atoms with Gasteiger partial charge in [-0.15, -0.1) is 0 Å². The maximum absolute atomic E-state index is 12.6. The van der Waals surface area contributed by atoms with E-state index in [1.54, 1.807) is 6.92 Å². The van der Waals surface area contributed by atoms with Gasteiger partial charge in [0.05, 0.1) is 17.3 Å². The van der Waals surface area contributed by atoms with Gasteiger partial charge in [-0.25, -0.2) is 9.37 Å². The Morgan fingerprint density at radius 3 is 3.18 bits per heavy atom. The molecule has 0 radical (unpaired) electrons. The first-order valence-electron chi connectivity index (χ1n) is 3.15. The molecule has 4 heteroatoms. The zero-order valence-electron chi connectivity index (χ0n) is 5.84. The molecule has 2 aromatic heterocycles. The average molecular weight is 152 g/mol. The number of fused-ring (bicyclic) bond motifs is 1. The van der Waals surface area contributed by atoms with Gasteiger partial charge in [-0.1, -0.05) is 5.16 Å². The third kappa shape index (κ3) is 0.869. The second-order valence-electron chi connectivity index (χ2n) is 2.27. The first-order chi connectivity index (χ1) is 5.27. The van der Waals surface area contributed by atoms with Gasteiger partial charge in [-0.05, 0) is 13.0 Å². The van der Waals surface area contributed by atoms with Crippen LogP contribution in [0.3, 0.4) is 0 Å². The van der Waals surface area contributed by atoms with Crippen molar-refractivity contribution in [2.75, 3.05) is 0 Å². The van der Waals surface area contributed by atoms with E-state index in [1.807, 2.05) is 0 Å². The Morgan fingerprint density at radius 2 is 2.36 bits per heavy atom. The Balaban J connectivity index is 2.87. The summed E-state index contributed by atoms with van der Waals surface area (Å²) in [6, 6.07) is 1.36. The number of rotatable bonds is 0. The molecule has 0 fully saturated rings. The molecule has 0 spiro atoms. The minimum atomic E-state index is -0.371. The fraction of sp³-hybridized carbons (Fsp3) is 0.143. The van der Waals surface area contributed by atoms with Crippen LogP contribution in [0.2, 0.25) is 0 Å². The zero-order chi connectivity index (χ0) is 7.84. The van der Waals surface area contributed by atoms with Crippen molar-refractivity contribution in [1.82, 2.24) is 10.1 Å². The summed E-state index contributed by atoms with van der Waals surface area (Å²) >= 11 is 0. The number of halogens is 1. The molecule has 0 saturated heterocycles. The summed E-state index contributed by atoms with van der Waals surface area (Å²) < 4.78 is 17.3. The highest BCUT2D eigenvalue weighted by Gasteiger charge is 2.04. The van der Waals surface area contributed by atoms with Crippen molar-refractivity contribution >= 4 is 11.1 Å². The van der Waals surface area contributed by atoms with Crippen LogP contribution in [0.5, 0.6) is 0 Å². The third-order valence-corrected chi connectivity index (χ3v) is 1.48. The molecule has 2 heterocycles.